The van der Waals surface area contributed by atoms with E-state index >= 15 is 0 Å². The molecule has 0 aliphatic carbocycles. The number of H-pyrrole nitrogens is 1. The van der Waals surface area contributed by atoms with Crippen LogP contribution in [0.1, 0.15) is 5.69 Å². The number of ether oxygens (including phenoxy) is 1. The molecule has 0 unspecified atom stereocenters. The molecule has 0 fully saturated rings. The van der Waals surface area contributed by atoms with E-state index in [-0.39, 0.29) is 5.95 Å². The Kier molecular flexibility index (Phi) is 3.39. The minimum atomic E-state index is 0.188. The summed E-state index contributed by atoms with van der Waals surface area (Å²) in [7, 11) is 1.54. The number of hydrogen-bond acceptors (Lipinski definition) is 6. The van der Waals surface area contributed by atoms with Gasteiger partial charge in [-0.25, -0.2) is 4.98 Å². The van der Waals surface area contributed by atoms with Crippen LogP contribution in [-0.2, 0) is 6.42 Å². The normalized spacial score (nSPS) is 10.2. The van der Waals surface area contributed by atoms with Crippen molar-refractivity contribution in [1.82, 2.24) is 19.9 Å². The van der Waals surface area contributed by atoms with Gasteiger partial charge in [0.1, 0.15) is 5.82 Å². The second kappa shape index (κ2) is 5.15. The average molecular weight is 234 g/mol. The Bertz CT molecular complexity index is 470. The highest BCUT2D eigenvalue weighted by molar-refractivity contribution is 5.42. The molecule has 0 aromatic carbocycles. The van der Waals surface area contributed by atoms with Crippen LogP contribution in [0.15, 0.2) is 18.6 Å². The van der Waals surface area contributed by atoms with Crippen molar-refractivity contribution in [2.45, 2.75) is 6.42 Å². The molecule has 7 heteroatoms. The molecule has 2 heterocycles. The molecule has 0 radical (unpaired) electrons. The van der Waals surface area contributed by atoms with Crippen LogP contribution in [0.5, 0.6) is 5.88 Å². The van der Waals surface area contributed by atoms with Crippen LogP contribution in [0, 0.1) is 0 Å². The Hall–Kier alpha value is -2.31. The lowest BCUT2D eigenvalue weighted by Gasteiger charge is -2.06. The predicted octanol–water partition coefficient (Wildman–Crippen LogP) is 0.445. The van der Waals surface area contributed by atoms with Gasteiger partial charge in [-0.1, -0.05) is 0 Å². The van der Waals surface area contributed by atoms with Crippen LogP contribution >= 0.6 is 0 Å². The van der Waals surface area contributed by atoms with E-state index in [2.05, 4.69) is 25.3 Å². The van der Waals surface area contributed by atoms with E-state index in [1.165, 1.54) is 7.11 Å². The molecule has 2 aromatic heterocycles. The zero-order valence-corrected chi connectivity index (χ0v) is 9.47. The number of aromatic amines is 1. The third-order valence-corrected chi connectivity index (χ3v) is 2.18. The molecule has 0 saturated heterocycles. The maximum absolute atomic E-state index is 5.54. The van der Waals surface area contributed by atoms with Crippen molar-refractivity contribution < 1.29 is 4.74 Å². The minimum Gasteiger partial charge on any atom is -0.481 e. The zero-order chi connectivity index (χ0) is 12.1. The lowest BCUT2D eigenvalue weighted by molar-refractivity contribution is 0.398. The zero-order valence-electron chi connectivity index (χ0n) is 9.47. The fraction of sp³-hybridized carbons (Fsp3) is 0.300. The highest BCUT2D eigenvalue weighted by Crippen LogP contribution is 2.13. The van der Waals surface area contributed by atoms with Gasteiger partial charge in [0.2, 0.25) is 11.8 Å². The monoisotopic (exact) mass is 234 g/mol. The topological polar surface area (TPSA) is 102 Å². The summed E-state index contributed by atoms with van der Waals surface area (Å²) in [5.74, 6) is 1.28. The van der Waals surface area contributed by atoms with Crippen molar-refractivity contribution in [3.8, 4) is 5.88 Å². The highest BCUT2D eigenvalue weighted by Gasteiger charge is 2.02. The molecule has 0 spiro atoms. The number of aromatic nitrogens is 4. The fourth-order valence-electron chi connectivity index (χ4n) is 1.38. The predicted molar refractivity (Wildman–Crippen MR) is 63.8 cm³/mol. The Labute approximate surface area is 98.5 Å². The summed E-state index contributed by atoms with van der Waals surface area (Å²) in [5.41, 5.74) is 6.60. The van der Waals surface area contributed by atoms with Gasteiger partial charge >= 0.3 is 0 Å². The molecule has 90 valence electrons. The molecule has 17 heavy (non-hydrogen) atoms. The summed E-state index contributed by atoms with van der Waals surface area (Å²) >= 11 is 0. The second-order valence-corrected chi connectivity index (χ2v) is 3.41. The van der Waals surface area contributed by atoms with Crippen molar-refractivity contribution in [3.63, 3.8) is 0 Å². The molecule has 7 nitrogen and oxygen atoms in total. The fourth-order valence-corrected chi connectivity index (χ4v) is 1.38. The summed E-state index contributed by atoms with van der Waals surface area (Å²) < 4.78 is 5.00. The number of nitrogens with one attached hydrogen (secondary N) is 2. The Morgan fingerprint density at radius 1 is 1.47 bits per heavy atom. The van der Waals surface area contributed by atoms with Gasteiger partial charge in [-0.3, -0.25) is 0 Å². The maximum Gasteiger partial charge on any atom is 0.225 e. The molecule has 0 saturated carbocycles. The number of hydrogen-bond donors (Lipinski definition) is 3. The van der Waals surface area contributed by atoms with Gasteiger partial charge in [-0.2, -0.15) is 9.97 Å². The van der Waals surface area contributed by atoms with Gasteiger partial charge in [-0.05, 0) is 0 Å². The van der Waals surface area contributed by atoms with Crippen LogP contribution < -0.4 is 15.8 Å². The van der Waals surface area contributed by atoms with E-state index in [1.807, 2.05) is 0 Å². The third kappa shape index (κ3) is 3.07. The summed E-state index contributed by atoms with van der Waals surface area (Å²) in [6.07, 6.45) is 4.27. The number of nitrogens with zero attached hydrogens (tertiary/aromatic N) is 3. The summed E-state index contributed by atoms with van der Waals surface area (Å²) in [6, 6.07) is 1.70. The van der Waals surface area contributed by atoms with E-state index in [0.717, 1.165) is 18.7 Å². The van der Waals surface area contributed by atoms with E-state index in [4.69, 9.17) is 10.5 Å². The van der Waals surface area contributed by atoms with Crippen molar-refractivity contribution in [2.24, 2.45) is 0 Å². The molecule has 0 aliphatic heterocycles. The first kappa shape index (κ1) is 11.2. The van der Waals surface area contributed by atoms with Gasteiger partial charge < -0.3 is 20.8 Å². The number of nitrogens with two attached hydrogens (primary N) is 1. The van der Waals surface area contributed by atoms with E-state index < -0.39 is 0 Å². The molecule has 0 bridgehead atoms. The quantitative estimate of drug-likeness (QED) is 0.694. The molecule has 2 aromatic rings. The molecular formula is C10H14N6O. The number of imidazole rings is 1. The standard InChI is InChI=1S/C10H14N6O/c1-17-9-4-8(15-10(11)16-9)13-3-2-7-5-12-6-14-7/h4-6H,2-3H2,1H3,(H,12,14)(H3,11,13,15,16). The van der Waals surface area contributed by atoms with Crippen molar-refractivity contribution in [2.75, 3.05) is 24.7 Å². The van der Waals surface area contributed by atoms with Crippen LogP contribution in [0.4, 0.5) is 11.8 Å². The first-order chi connectivity index (χ1) is 8.28. The third-order valence-electron chi connectivity index (χ3n) is 2.18. The first-order valence-electron chi connectivity index (χ1n) is 5.17. The van der Waals surface area contributed by atoms with Crippen molar-refractivity contribution in [1.29, 1.82) is 0 Å². The summed E-state index contributed by atoms with van der Waals surface area (Å²) in [6.45, 7) is 0.724. The first-order valence-corrected chi connectivity index (χ1v) is 5.17. The molecular weight excluding hydrogens is 220 g/mol. The van der Waals surface area contributed by atoms with Crippen LogP contribution in [0.25, 0.3) is 0 Å². The SMILES string of the molecule is COc1cc(NCCc2cnc[nH]2)nc(N)n1. The lowest BCUT2D eigenvalue weighted by Crippen LogP contribution is -2.08. The summed E-state index contributed by atoms with van der Waals surface area (Å²) in [5, 5.41) is 3.14. The number of rotatable bonds is 5. The van der Waals surface area contributed by atoms with Gasteiger partial charge in [0, 0.05) is 30.9 Å². The van der Waals surface area contributed by atoms with Gasteiger partial charge in [0.15, 0.2) is 0 Å². The molecule has 4 N–H and O–H groups in total. The second-order valence-electron chi connectivity index (χ2n) is 3.41. The highest BCUT2D eigenvalue weighted by atomic mass is 16.5. The Morgan fingerprint density at radius 3 is 3.06 bits per heavy atom. The van der Waals surface area contributed by atoms with E-state index in [9.17, 15) is 0 Å². The Balaban J connectivity index is 1.92. The van der Waals surface area contributed by atoms with Gasteiger partial charge in [-0.15, -0.1) is 0 Å². The van der Waals surface area contributed by atoms with Crippen molar-refractivity contribution in [3.05, 3.63) is 24.3 Å². The van der Waals surface area contributed by atoms with Crippen LogP contribution in [0.2, 0.25) is 0 Å². The molecule has 2 rings (SSSR count). The summed E-state index contributed by atoms with van der Waals surface area (Å²) in [4.78, 5) is 14.9. The number of methoxy groups -OCH3 is 1. The molecule has 0 atom stereocenters. The van der Waals surface area contributed by atoms with Gasteiger partial charge in [0.25, 0.3) is 0 Å². The molecule has 0 aliphatic rings. The van der Waals surface area contributed by atoms with Crippen LogP contribution in [0.3, 0.4) is 0 Å². The maximum atomic E-state index is 5.54. The number of anilines is 2. The van der Waals surface area contributed by atoms with E-state index in [1.54, 1.807) is 18.6 Å². The smallest absolute Gasteiger partial charge is 0.225 e. The van der Waals surface area contributed by atoms with Crippen molar-refractivity contribution >= 4 is 11.8 Å². The van der Waals surface area contributed by atoms with E-state index in [0.29, 0.717) is 11.7 Å². The minimum absolute atomic E-state index is 0.188. The average Bonchev–Trinajstić information content (AvgIpc) is 2.81. The van der Waals surface area contributed by atoms with Crippen LogP contribution in [-0.4, -0.2) is 33.6 Å². The number of nitrogen functional groups attached to an aromatic ring is 1. The Morgan fingerprint density at radius 2 is 2.35 bits per heavy atom. The lowest BCUT2D eigenvalue weighted by atomic mass is 10.3. The largest absolute Gasteiger partial charge is 0.481 e. The molecule has 0 amide bonds. The van der Waals surface area contributed by atoms with Gasteiger partial charge in [0.05, 0.1) is 13.4 Å².